The van der Waals surface area contributed by atoms with Crippen LogP contribution in [0.25, 0.3) is 0 Å². The molecule has 70 valence electrons. The van der Waals surface area contributed by atoms with Gasteiger partial charge in [0.05, 0.1) is 5.75 Å². The third-order valence-electron chi connectivity index (χ3n) is 2.31. The molecule has 0 aliphatic heterocycles. The molecule has 0 heterocycles. The van der Waals surface area contributed by atoms with Crippen molar-refractivity contribution >= 4 is 18.5 Å². The van der Waals surface area contributed by atoms with Gasteiger partial charge in [0.2, 0.25) is 5.91 Å². The topological polar surface area (TPSA) is 55.1 Å². The van der Waals surface area contributed by atoms with E-state index in [1.807, 2.05) is 0 Å². The van der Waals surface area contributed by atoms with Gasteiger partial charge in [0.1, 0.15) is 0 Å². The van der Waals surface area contributed by atoms with Crippen LogP contribution in [0.3, 0.4) is 0 Å². The smallest absolute Gasteiger partial charge is 0.229 e. The number of carbonyl (C=O) groups excluding carboxylic acids is 1. The number of nitrogens with two attached hydrogens (primary N) is 1. The minimum absolute atomic E-state index is 0.0133. The van der Waals surface area contributed by atoms with Crippen molar-refractivity contribution in [2.45, 2.75) is 37.8 Å². The molecule has 0 spiro atoms. The van der Waals surface area contributed by atoms with Crippen LogP contribution in [0.2, 0.25) is 0 Å². The number of hydrogen-bond donors (Lipinski definition) is 3. The predicted molar refractivity (Wildman–Crippen MR) is 52.2 cm³/mol. The molecule has 2 atom stereocenters. The summed E-state index contributed by atoms with van der Waals surface area (Å²) in [5.41, 5.74) is 5.84. The van der Waals surface area contributed by atoms with Crippen LogP contribution >= 0.6 is 12.6 Å². The number of nitrogens with one attached hydrogen (secondary N) is 1. The van der Waals surface area contributed by atoms with E-state index in [1.165, 1.54) is 12.8 Å². The average Bonchev–Trinajstić information content (AvgIpc) is 2.09. The Labute approximate surface area is 78.5 Å². The summed E-state index contributed by atoms with van der Waals surface area (Å²) in [6.07, 6.45) is 4.40. The lowest BCUT2D eigenvalue weighted by atomic mass is 9.91. The summed E-state index contributed by atoms with van der Waals surface area (Å²) in [7, 11) is 0. The van der Waals surface area contributed by atoms with Crippen molar-refractivity contribution < 1.29 is 4.79 Å². The van der Waals surface area contributed by atoms with Crippen LogP contribution < -0.4 is 11.1 Å². The van der Waals surface area contributed by atoms with Crippen LogP contribution in [0.4, 0.5) is 0 Å². The Hall–Kier alpha value is -0.220. The zero-order valence-electron chi connectivity index (χ0n) is 7.12. The van der Waals surface area contributed by atoms with Gasteiger partial charge in [0.15, 0.2) is 0 Å². The molecule has 1 amide bonds. The summed E-state index contributed by atoms with van der Waals surface area (Å²) in [6, 6.07) is 0.320. The van der Waals surface area contributed by atoms with Gasteiger partial charge >= 0.3 is 0 Å². The van der Waals surface area contributed by atoms with Crippen LogP contribution in [-0.4, -0.2) is 23.7 Å². The van der Waals surface area contributed by atoms with E-state index in [0.29, 0.717) is 0 Å². The van der Waals surface area contributed by atoms with E-state index in [-0.39, 0.29) is 23.7 Å². The third kappa shape index (κ3) is 2.68. The van der Waals surface area contributed by atoms with Crippen molar-refractivity contribution in [1.29, 1.82) is 0 Å². The second-order valence-electron chi connectivity index (χ2n) is 3.28. The molecular weight excluding hydrogens is 172 g/mol. The van der Waals surface area contributed by atoms with Crippen molar-refractivity contribution in [2.75, 3.05) is 5.75 Å². The Morgan fingerprint density at radius 1 is 1.50 bits per heavy atom. The largest absolute Gasteiger partial charge is 0.351 e. The minimum atomic E-state index is -0.0133. The van der Waals surface area contributed by atoms with Crippen molar-refractivity contribution in [2.24, 2.45) is 5.73 Å². The molecule has 4 heteroatoms. The Bertz CT molecular complexity index is 163. The van der Waals surface area contributed by atoms with Gasteiger partial charge in [0.25, 0.3) is 0 Å². The van der Waals surface area contributed by atoms with Crippen molar-refractivity contribution in [3.05, 3.63) is 0 Å². The molecule has 3 N–H and O–H groups in total. The highest BCUT2D eigenvalue weighted by atomic mass is 32.1. The molecule has 0 aromatic rings. The summed E-state index contributed by atoms with van der Waals surface area (Å²) in [5.74, 6) is 0.240. The number of thiol groups is 1. The maximum absolute atomic E-state index is 11.0. The molecule has 1 saturated carbocycles. The lowest BCUT2D eigenvalue weighted by Crippen LogP contribution is -2.49. The van der Waals surface area contributed by atoms with Crippen LogP contribution in [0, 0.1) is 0 Å². The number of rotatable bonds is 2. The first kappa shape index (κ1) is 9.86. The lowest BCUT2D eigenvalue weighted by Gasteiger charge is -2.29. The molecule has 1 rings (SSSR count). The quantitative estimate of drug-likeness (QED) is 0.546. The predicted octanol–water partition coefficient (Wildman–Crippen LogP) is 0.302. The van der Waals surface area contributed by atoms with Gasteiger partial charge < -0.3 is 11.1 Å². The Morgan fingerprint density at radius 3 is 2.75 bits per heavy atom. The molecule has 2 unspecified atom stereocenters. The highest BCUT2D eigenvalue weighted by molar-refractivity contribution is 7.81. The fourth-order valence-electron chi connectivity index (χ4n) is 1.59. The fraction of sp³-hybridized carbons (Fsp3) is 0.875. The molecule has 0 aromatic heterocycles. The number of carbonyl (C=O) groups is 1. The molecule has 0 radical (unpaired) electrons. The third-order valence-corrected chi connectivity index (χ3v) is 2.60. The van der Waals surface area contributed by atoms with E-state index in [1.54, 1.807) is 0 Å². The molecule has 12 heavy (non-hydrogen) atoms. The van der Waals surface area contributed by atoms with Gasteiger partial charge in [-0.1, -0.05) is 12.8 Å². The van der Waals surface area contributed by atoms with Gasteiger partial charge in [0, 0.05) is 12.1 Å². The molecule has 1 aliphatic rings. The van der Waals surface area contributed by atoms with Gasteiger partial charge in [-0.05, 0) is 12.8 Å². The zero-order chi connectivity index (χ0) is 8.97. The summed E-state index contributed by atoms with van der Waals surface area (Å²) < 4.78 is 0. The summed E-state index contributed by atoms with van der Waals surface area (Å²) >= 11 is 3.89. The maximum Gasteiger partial charge on any atom is 0.229 e. The van der Waals surface area contributed by atoms with E-state index in [2.05, 4.69) is 17.9 Å². The molecule has 0 bridgehead atoms. The molecule has 3 nitrogen and oxygen atoms in total. The molecule has 1 fully saturated rings. The monoisotopic (exact) mass is 188 g/mol. The first-order valence-corrected chi connectivity index (χ1v) is 5.03. The Kier molecular flexibility index (Phi) is 3.88. The highest BCUT2D eigenvalue weighted by Gasteiger charge is 2.22. The second-order valence-corrected chi connectivity index (χ2v) is 3.60. The van der Waals surface area contributed by atoms with Gasteiger partial charge in [-0.2, -0.15) is 12.6 Å². The minimum Gasteiger partial charge on any atom is -0.351 e. The van der Waals surface area contributed by atoms with Crippen LogP contribution in [0.15, 0.2) is 0 Å². The first-order chi connectivity index (χ1) is 5.74. The Balaban J connectivity index is 2.33. The first-order valence-electron chi connectivity index (χ1n) is 4.40. The average molecular weight is 188 g/mol. The van der Waals surface area contributed by atoms with Crippen molar-refractivity contribution in [3.63, 3.8) is 0 Å². The SMILES string of the molecule is NC1CCCCC1NC(=O)CS. The lowest BCUT2D eigenvalue weighted by molar-refractivity contribution is -0.119. The van der Waals surface area contributed by atoms with Gasteiger partial charge in [-0.3, -0.25) is 4.79 Å². The van der Waals surface area contributed by atoms with Crippen molar-refractivity contribution in [1.82, 2.24) is 5.32 Å². The molecular formula is C8H16N2OS. The van der Waals surface area contributed by atoms with E-state index >= 15 is 0 Å². The molecule has 0 saturated heterocycles. The van der Waals surface area contributed by atoms with E-state index < -0.39 is 0 Å². The van der Waals surface area contributed by atoms with Crippen molar-refractivity contribution in [3.8, 4) is 0 Å². The Morgan fingerprint density at radius 2 is 2.17 bits per heavy atom. The molecule has 1 aliphatic carbocycles. The number of hydrogen-bond acceptors (Lipinski definition) is 3. The van der Waals surface area contributed by atoms with Crippen LogP contribution in [0.5, 0.6) is 0 Å². The second kappa shape index (κ2) is 4.72. The fourth-order valence-corrected chi connectivity index (χ4v) is 1.68. The molecule has 0 aromatic carbocycles. The zero-order valence-corrected chi connectivity index (χ0v) is 8.02. The standard InChI is InChI=1S/C8H16N2OS/c9-6-3-1-2-4-7(6)10-8(11)5-12/h6-7,12H,1-5,9H2,(H,10,11). The normalized spacial score (nSPS) is 29.8. The summed E-state index contributed by atoms with van der Waals surface area (Å²) in [6.45, 7) is 0. The van der Waals surface area contributed by atoms with E-state index in [9.17, 15) is 4.79 Å². The summed E-state index contributed by atoms with van der Waals surface area (Å²) in [5, 5.41) is 2.88. The van der Waals surface area contributed by atoms with Crippen LogP contribution in [0.1, 0.15) is 25.7 Å². The number of amides is 1. The van der Waals surface area contributed by atoms with E-state index in [4.69, 9.17) is 5.73 Å². The van der Waals surface area contributed by atoms with Crippen LogP contribution in [-0.2, 0) is 4.79 Å². The maximum atomic E-state index is 11.0. The summed E-state index contributed by atoms with van der Waals surface area (Å²) in [4.78, 5) is 11.0. The van der Waals surface area contributed by atoms with Gasteiger partial charge in [-0.25, -0.2) is 0 Å². The van der Waals surface area contributed by atoms with Gasteiger partial charge in [-0.15, -0.1) is 0 Å². The highest BCUT2D eigenvalue weighted by Crippen LogP contribution is 2.16. The van der Waals surface area contributed by atoms with E-state index in [0.717, 1.165) is 12.8 Å².